The SMILES string of the molecule is CCCCOC(=O)c1c2c(nn1-c1ccccc1O)CCC(C)(C)C2. The van der Waals surface area contributed by atoms with Gasteiger partial charge in [0.25, 0.3) is 0 Å². The third kappa shape index (κ3) is 3.55. The van der Waals surface area contributed by atoms with Crippen LogP contribution >= 0.6 is 0 Å². The van der Waals surface area contributed by atoms with Crippen molar-refractivity contribution in [3.8, 4) is 11.4 Å². The van der Waals surface area contributed by atoms with Crippen molar-refractivity contribution in [1.82, 2.24) is 9.78 Å². The first-order valence-electron chi connectivity index (χ1n) is 8.99. The molecule has 3 rings (SSSR count). The molecule has 0 spiro atoms. The number of phenolic OH excluding ortho intramolecular Hbond substituents is 1. The lowest BCUT2D eigenvalue weighted by Gasteiger charge is -2.28. The van der Waals surface area contributed by atoms with E-state index in [1.165, 1.54) is 0 Å². The monoisotopic (exact) mass is 342 g/mol. The Bertz CT molecular complexity index is 777. The Hall–Kier alpha value is -2.30. The van der Waals surface area contributed by atoms with Gasteiger partial charge in [-0.2, -0.15) is 5.10 Å². The van der Waals surface area contributed by atoms with E-state index >= 15 is 0 Å². The van der Waals surface area contributed by atoms with Crippen LogP contribution < -0.4 is 0 Å². The lowest BCUT2D eigenvalue weighted by Crippen LogP contribution is -2.23. The summed E-state index contributed by atoms with van der Waals surface area (Å²) < 4.78 is 7.05. The number of carbonyl (C=O) groups excluding carboxylic acids is 1. The quantitative estimate of drug-likeness (QED) is 0.658. The second kappa shape index (κ2) is 6.90. The highest BCUT2D eigenvalue weighted by molar-refractivity contribution is 5.90. The number of ether oxygens (including phenoxy) is 1. The molecule has 1 aliphatic carbocycles. The maximum Gasteiger partial charge on any atom is 0.357 e. The fourth-order valence-electron chi connectivity index (χ4n) is 3.31. The van der Waals surface area contributed by atoms with Crippen molar-refractivity contribution in [3.05, 3.63) is 41.2 Å². The summed E-state index contributed by atoms with van der Waals surface area (Å²) in [6, 6.07) is 6.95. The number of phenols is 1. The highest BCUT2D eigenvalue weighted by Crippen LogP contribution is 2.37. The van der Waals surface area contributed by atoms with Crippen molar-refractivity contribution < 1.29 is 14.6 Å². The van der Waals surface area contributed by atoms with Crippen LogP contribution in [0.2, 0.25) is 0 Å². The number of nitrogens with zero attached hydrogens (tertiary/aromatic N) is 2. The third-order valence-corrected chi connectivity index (χ3v) is 4.79. The summed E-state index contributed by atoms with van der Waals surface area (Å²) in [5.41, 5.74) is 2.99. The van der Waals surface area contributed by atoms with Gasteiger partial charge >= 0.3 is 5.97 Å². The largest absolute Gasteiger partial charge is 0.506 e. The summed E-state index contributed by atoms with van der Waals surface area (Å²) in [6.45, 7) is 6.88. The Kier molecular flexibility index (Phi) is 4.84. The highest BCUT2D eigenvalue weighted by Gasteiger charge is 2.34. The molecule has 2 aromatic rings. The van der Waals surface area contributed by atoms with Gasteiger partial charge in [0.2, 0.25) is 0 Å². The minimum atomic E-state index is -0.358. The molecule has 0 fully saturated rings. The first kappa shape index (κ1) is 17.5. The Morgan fingerprint density at radius 3 is 2.84 bits per heavy atom. The first-order chi connectivity index (χ1) is 11.9. The van der Waals surface area contributed by atoms with Crippen LogP contribution in [0.25, 0.3) is 5.69 Å². The number of aromatic nitrogens is 2. The molecular formula is C20H26N2O3. The van der Waals surface area contributed by atoms with Crippen molar-refractivity contribution in [3.63, 3.8) is 0 Å². The maximum absolute atomic E-state index is 12.8. The average Bonchev–Trinajstić information content (AvgIpc) is 2.92. The molecule has 0 saturated heterocycles. The fourth-order valence-corrected chi connectivity index (χ4v) is 3.31. The molecule has 1 N–H and O–H groups in total. The van der Waals surface area contributed by atoms with E-state index in [0.29, 0.717) is 18.0 Å². The minimum absolute atomic E-state index is 0.101. The van der Waals surface area contributed by atoms with E-state index in [-0.39, 0.29) is 17.1 Å². The van der Waals surface area contributed by atoms with E-state index in [4.69, 9.17) is 4.74 Å². The van der Waals surface area contributed by atoms with Crippen molar-refractivity contribution in [1.29, 1.82) is 0 Å². The predicted molar refractivity (Wildman–Crippen MR) is 96.2 cm³/mol. The van der Waals surface area contributed by atoms with Crippen LogP contribution in [0, 0.1) is 5.41 Å². The number of aryl methyl sites for hydroxylation is 1. The van der Waals surface area contributed by atoms with Gasteiger partial charge in [0.05, 0.1) is 12.3 Å². The lowest BCUT2D eigenvalue weighted by atomic mass is 9.76. The van der Waals surface area contributed by atoms with Gasteiger partial charge in [0.15, 0.2) is 5.69 Å². The number of aromatic hydroxyl groups is 1. The molecule has 0 atom stereocenters. The first-order valence-corrected chi connectivity index (χ1v) is 8.99. The summed E-state index contributed by atoms with van der Waals surface area (Å²) in [7, 11) is 0. The van der Waals surface area contributed by atoms with Gasteiger partial charge in [-0.3, -0.25) is 0 Å². The van der Waals surface area contributed by atoms with Crippen LogP contribution in [0.5, 0.6) is 5.75 Å². The standard InChI is InChI=1S/C20H26N2O3/c1-4-5-12-25-19(24)18-14-13-20(2,3)11-10-15(14)21-22(18)16-8-6-7-9-17(16)23/h6-9,23H,4-5,10-13H2,1-3H3. The highest BCUT2D eigenvalue weighted by atomic mass is 16.5. The van der Waals surface area contributed by atoms with E-state index < -0.39 is 0 Å². The smallest absolute Gasteiger partial charge is 0.357 e. The molecule has 25 heavy (non-hydrogen) atoms. The average molecular weight is 342 g/mol. The molecule has 0 aliphatic heterocycles. The summed E-state index contributed by atoms with van der Waals surface area (Å²) in [6.07, 6.45) is 4.45. The number of carbonyl (C=O) groups is 1. The van der Waals surface area contributed by atoms with Crippen LogP contribution in [-0.2, 0) is 17.6 Å². The van der Waals surface area contributed by atoms with Crippen molar-refractivity contribution in [2.45, 2.75) is 52.9 Å². The van der Waals surface area contributed by atoms with Gasteiger partial charge in [-0.05, 0) is 43.2 Å². The van der Waals surface area contributed by atoms with Gasteiger partial charge in [-0.25, -0.2) is 9.48 Å². The molecule has 1 aromatic heterocycles. The van der Waals surface area contributed by atoms with Crippen molar-refractivity contribution in [2.24, 2.45) is 5.41 Å². The summed E-state index contributed by atoms with van der Waals surface area (Å²) in [4.78, 5) is 12.8. The van der Waals surface area contributed by atoms with Crippen molar-refractivity contribution >= 4 is 5.97 Å². The second-order valence-corrected chi connectivity index (χ2v) is 7.50. The van der Waals surface area contributed by atoms with E-state index in [9.17, 15) is 9.90 Å². The number of hydrogen-bond donors (Lipinski definition) is 1. The predicted octanol–water partition coefficient (Wildman–Crippen LogP) is 4.05. The number of rotatable bonds is 5. The van der Waals surface area contributed by atoms with E-state index in [0.717, 1.165) is 43.4 Å². The summed E-state index contributed by atoms with van der Waals surface area (Å²) in [5.74, 6) is -0.257. The molecule has 0 unspecified atom stereocenters. The number of esters is 1. The van der Waals surface area contributed by atoms with Crippen LogP contribution in [-0.4, -0.2) is 27.5 Å². The molecule has 1 heterocycles. The zero-order valence-corrected chi connectivity index (χ0v) is 15.2. The van der Waals surface area contributed by atoms with Crippen molar-refractivity contribution in [2.75, 3.05) is 6.61 Å². The van der Waals surface area contributed by atoms with E-state index in [1.807, 2.05) is 6.07 Å². The third-order valence-electron chi connectivity index (χ3n) is 4.79. The number of para-hydroxylation sites is 2. The van der Waals surface area contributed by atoms with Crippen LogP contribution in [0.3, 0.4) is 0 Å². The molecule has 5 nitrogen and oxygen atoms in total. The topological polar surface area (TPSA) is 64.3 Å². The summed E-state index contributed by atoms with van der Waals surface area (Å²) >= 11 is 0. The molecular weight excluding hydrogens is 316 g/mol. The minimum Gasteiger partial charge on any atom is -0.506 e. The molecule has 0 amide bonds. The normalized spacial score (nSPS) is 15.6. The summed E-state index contributed by atoms with van der Waals surface area (Å²) in [5, 5.41) is 14.9. The van der Waals surface area contributed by atoms with Gasteiger partial charge < -0.3 is 9.84 Å². The Balaban J connectivity index is 2.07. The molecule has 134 valence electrons. The Morgan fingerprint density at radius 2 is 2.12 bits per heavy atom. The van der Waals surface area contributed by atoms with Crippen LogP contribution in [0.15, 0.2) is 24.3 Å². The number of benzene rings is 1. The molecule has 0 saturated carbocycles. The number of unbranched alkanes of at least 4 members (excludes halogenated alkanes) is 1. The lowest BCUT2D eigenvalue weighted by molar-refractivity contribution is 0.0487. The molecule has 1 aromatic carbocycles. The number of fused-ring (bicyclic) bond motifs is 1. The van der Waals surface area contributed by atoms with Gasteiger partial charge in [-0.15, -0.1) is 0 Å². The van der Waals surface area contributed by atoms with Gasteiger partial charge in [-0.1, -0.05) is 39.3 Å². The van der Waals surface area contributed by atoms with Crippen LogP contribution in [0.4, 0.5) is 0 Å². The van der Waals surface area contributed by atoms with Crippen LogP contribution in [0.1, 0.15) is 61.8 Å². The zero-order valence-electron chi connectivity index (χ0n) is 15.2. The van der Waals surface area contributed by atoms with Gasteiger partial charge in [0.1, 0.15) is 11.4 Å². The second-order valence-electron chi connectivity index (χ2n) is 7.50. The fraction of sp³-hybridized carbons (Fsp3) is 0.500. The van der Waals surface area contributed by atoms with Gasteiger partial charge in [0, 0.05) is 5.56 Å². The van der Waals surface area contributed by atoms with E-state index in [2.05, 4.69) is 25.9 Å². The Morgan fingerprint density at radius 1 is 1.36 bits per heavy atom. The molecule has 5 heteroatoms. The zero-order chi connectivity index (χ0) is 18.0. The molecule has 0 bridgehead atoms. The molecule has 0 radical (unpaired) electrons. The Labute approximate surface area is 148 Å². The van der Waals surface area contributed by atoms with E-state index in [1.54, 1.807) is 22.9 Å². The maximum atomic E-state index is 12.8. The molecule has 1 aliphatic rings. The number of hydrogen-bond acceptors (Lipinski definition) is 4.